The molecule has 0 spiro atoms. The van der Waals surface area contributed by atoms with Crippen molar-refractivity contribution in [1.29, 1.82) is 0 Å². The molecule has 1 saturated heterocycles. The van der Waals surface area contributed by atoms with Gasteiger partial charge in [-0.15, -0.1) is 0 Å². The molecule has 1 N–H and O–H groups in total. The van der Waals surface area contributed by atoms with E-state index < -0.39 is 0 Å². The number of amides is 1. The number of nitrogens with zero attached hydrogens (tertiary/aromatic N) is 1. The van der Waals surface area contributed by atoms with Gasteiger partial charge in [-0.05, 0) is 63.0 Å². The molecule has 20 heavy (non-hydrogen) atoms. The summed E-state index contributed by atoms with van der Waals surface area (Å²) in [7, 11) is 2.14. The minimum absolute atomic E-state index is 0.191. The fraction of sp³-hybridized carbons (Fsp3) is 0.562. The second-order valence-electron chi connectivity index (χ2n) is 6.09. The number of hydrogen-bond acceptors (Lipinski definition) is 2. The van der Waals surface area contributed by atoms with Crippen LogP contribution in [0, 0.1) is 5.92 Å². The second kappa shape index (κ2) is 5.86. The van der Waals surface area contributed by atoms with Crippen molar-refractivity contribution in [3.05, 3.63) is 34.3 Å². The molecule has 1 aromatic carbocycles. The molecule has 3 nitrogen and oxygen atoms in total. The summed E-state index contributed by atoms with van der Waals surface area (Å²) in [6.45, 7) is 2.18. The highest BCUT2D eigenvalue weighted by molar-refractivity contribution is 9.10. The molecule has 108 valence electrons. The predicted octanol–water partition coefficient (Wildman–Crippen LogP) is 2.76. The number of piperidine rings is 1. The number of rotatable bonds is 3. The number of benzene rings is 1. The first-order valence-corrected chi connectivity index (χ1v) is 8.17. The van der Waals surface area contributed by atoms with Gasteiger partial charge in [-0.25, -0.2) is 0 Å². The van der Waals surface area contributed by atoms with Gasteiger partial charge in [0.1, 0.15) is 0 Å². The Hall–Kier alpha value is -0.870. The summed E-state index contributed by atoms with van der Waals surface area (Å²) < 4.78 is 1.09. The number of carbonyl (C=O) groups excluding carboxylic acids is 1. The van der Waals surface area contributed by atoms with E-state index in [1.807, 2.05) is 0 Å². The van der Waals surface area contributed by atoms with E-state index in [0.717, 1.165) is 36.8 Å². The van der Waals surface area contributed by atoms with Gasteiger partial charge >= 0.3 is 0 Å². The van der Waals surface area contributed by atoms with Crippen molar-refractivity contribution in [3.63, 3.8) is 0 Å². The number of hydrogen-bond donors (Lipinski definition) is 1. The average Bonchev–Trinajstić information content (AvgIpc) is 3.23. The van der Waals surface area contributed by atoms with Gasteiger partial charge in [-0.3, -0.25) is 4.79 Å². The summed E-state index contributed by atoms with van der Waals surface area (Å²) in [6, 6.07) is 8.74. The van der Waals surface area contributed by atoms with Gasteiger partial charge in [0.15, 0.2) is 0 Å². The van der Waals surface area contributed by atoms with Gasteiger partial charge in [0, 0.05) is 16.4 Å². The van der Waals surface area contributed by atoms with Crippen molar-refractivity contribution >= 4 is 21.8 Å². The van der Waals surface area contributed by atoms with E-state index in [1.165, 1.54) is 5.56 Å². The normalized spacial score (nSPS) is 27.3. The monoisotopic (exact) mass is 336 g/mol. The van der Waals surface area contributed by atoms with Crippen LogP contribution in [0.15, 0.2) is 28.7 Å². The topological polar surface area (TPSA) is 32.3 Å². The Morgan fingerprint density at radius 3 is 2.55 bits per heavy atom. The molecule has 1 heterocycles. The standard InChI is InChI=1S/C16H21BrN2O/c1-19-8-6-13(7-9-19)18-16(20)15-10-14(15)11-2-4-12(17)5-3-11/h2-5,13-15H,6-10H2,1H3,(H,18,20)/t14-,15+/m1/s1. The third kappa shape index (κ3) is 3.23. The maximum atomic E-state index is 12.3. The molecule has 1 saturated carbocycles. The van der Waals surface area contributed by atoms with Crippen molar-refractivity contribution < 1.29 is 4.79 Å². The zero-order valence-corrected chi connectivity index (χ0v) is 13.4. The molecule has 0 radical (unpaired) electrons. The lowest BCUT2D eigenvalue weighted by Crippen LogP contribution is -2.44. The zero-order chi connectivity index (χ0) is 14.1. The summed E-state index contributed by atoms with van der Waals surface area (Å²) in [5, 5.41) is 3.24. The molecule has 1 aromatic rings. The van der Waals surface area contributed by atoms with Crippen molar-refractivity contribution in [1.82, 2.24) is 10.2 Å². The van der Waals surface area contributed by atoms with Gasteiger partial charge in [-0.1, -0.05) is 28.1 Å². The van der Waals surface area contributed by atoms with Crippen molar-refractivity contribution in [2.24, 2.45) is 5.92 Å². The molecule has 0 bridgehead atoms. The van der Waals surface area contributed by atoms with Crippen molar-refractivity contribution in [2.45, 2.75) is 31.2 Å². The van der Waals surface area contributed by atoms with E-state index in [9.17, 15) is 4.79 Å². The van der Waals surface area contributed by atoms with Gasteiger partial charge in [0.25, 0.3) is 0 Å². The fourth-order valence-electron chi connectivity index (χ4n) is 3.02. The Balaban J connectivity index is 1.51. The number of carbonyl (C=O) groups is 1. The lowest BCUT2D eigenvalue weighted by Gasteiger charge is -2.29. The second-order valence-corrected chi connectivity index (χ2v) is 7.00. The zero-order valence-electron chi connectivity index (χ0n) is 11.8. The molecule has 1 amide bonds. The quantitative estimate of drug-likeness (QED) is 0.920. The molecule has 1 aliphatic heterocycles. The van der Waals surface area contributed by atoms with E-state index >= 15 is 0 Å². The van der Waals surface area contributed by atoms with Crippen LogP contribution in [0.1, 0.15) is 30.7 Å². The summed E-state index contributed by atoms with van der Waals surface area (Å²) in [5.74, 6) is 0.873. The maximum absolute atomic E-state index is 12.3. The molecule has 0 aromatic heterocycles. The predicted molar refractivity (Wildman–Crippen MR) is 83.7 cm³/mol. The van der Waals surface area contributed by atoms with Gasteiger partial charge in [-0.2, -0.15) is 0 Å². The van der Waals surface area contributed by atoms with Crippen LogP contribution in [0.3, 0.4) is 0 Å². The van der Waals surface area contributed by atoms with E-state index in [2.05, 4.69) is 57.5 Å². The third-order valence-corrected chi connectivity index (χ3v) is 5.02. The smallest absolute Gasteiger partial charge is 0.223 e. The SMILES string of the molecule is CN1CCC(NC(=O)[C@H]2C[C@@H]2c2ccc(Br)cc2)CC1. The number of halogens is 1. The fourth-order valence-corrected chi connectivity index (χ4v) is 3.29. The molecular formula is C16H21BrN2O. The minimum Gasteiger partial charge on any atom is -0.353 e. The highest BCUT2D eigenvalue weighted by Gasteiger charge is 2.44. The van der Waals surface area contributed by atoms with Gasteiger partial charge < -0.3 is 10.2 Å². The largest absolute Gasteiger partial charge is 0.353 e. The number of nitrogens with one attached hydrogen (secondary N) is 1. The van der Waals surface area contributed by atoms with E-state index in [0.29, 0.717) is 12.0 Å². The van der Waals surface area contributed by atoms with Crippen LogP contribution < -0.4 is 5.32 Å². The van der Waals surface area contributed by atoms with Crippen LogP contribution >= 0.6 is 15.9 Å². The first-order valence-electron chi connectivity index (χ1n) is 7.38. The van der Waals surface area contributed by atoms with Crippen LogP contribution in [0.5, 0.6) is 0 Å². The molecule has 2 aliphatic rings. The van der Waals surface area contributed by atoms with E-state index in [-0.39, 0.29) is 11.8 Å². The molecule has 2 fully saturated rings. The highest BCUT2D eigenvalue weighted by Crippen LogP contribution is 2.47. The van der Waals surface area contributed by atoms with E-state index in [4.69, 9.17) is 0 Å². The summed E-state index contributed by atoms with van der Waals surface area (Å²) >= 11 is 3.45. The Morgan fingerprint density at radius 1 is 1.25 bits per heavy atom. The molecular weight excluding hydrogens is 316 g/mol. The Kier molecular flexibility index (Phi) is 4.13. The van der Waals surface area contributed by atoms with Crippen molar-refractivity contribution in [2.75, 3.05) is 20.1 Å². The molecule has 1 aliphatic carbocycles. The minimum atomic E-state index is 0.191. The van der Waals surface area contributed by atoms with Crippen LogP contribution in [0.4, 0.5) is 0 Å². The Morgan fingerprint density at radius 2 is 1.90 bits per heavy atom. The summed E-state index contributed by atoms with van der Waals surface area (Å²) in [4.78, 5) is 14.6. The first kappa shape index (κ1) is 14.1. The Bertz CT molecular complexity index is 480. The molecule has 4 heteroatoms. The third-order valence-electron chi connectivity index (χ3n) is 4.49. The summed E-state index contributed by atoms with van der Waals surface area (Å²) in [6.07, 6.45) is 3.16. The van der Waals surface area contributed by atoms with Crippen LogP contribution in [-0.4, -0.2) is 37.0 Å². The molecule has 3 rings (SSSR count). The lowest BCUT2D eigenvalue weighted by molar-refractivity contribution is -0.123. The van der Waals surface area contributed by atoms with Crippen molar-refractivity contribution in [3.8, 4) is 0 Å². The Labute approximate surface area is 128 Å². The first-order chi connectivity index (χ1) is 9.63. The molecule has 0 unspecified atom stereocenters. The highest BCUT2D eigenvalue weighted by atomic mass is 79.9. The van der Waals surface area contributed by atoms with Gasteiger partial charge in [0.2, 0.25) is 5.91 Å². The maximum Gasteiger partial charge on any atom is 0.223 e. The van der Waals surface area contributed by atoms with Crippen LogP contribution in [0.2, 0.25) is 0 Å². The van der Waals surface area contributed by atoms with Crippen LogP contribution in [-0.2, 0) is 4.79 Å². The number of likely N-dealkylation sites (tertiary alicyclic amines) is 1. The lowest BCUT2D eigenvalue weighted by atomic mass is 10.0. The van der Waals surface area contributed by atoms with E-state index in [1.54, 1.807) is 0 Å². The van der Waals surface area contributed by atoms with Gasteiger partial charge in [0.05, 0.1) is 0 Å². The molecule has 2 atom stereocenters. The van der Waals surface area contributed by atoms with Crippen LogP contribution in [0.25, 0.3) is 0 Å². The summed E-state index contributed by atoms with van der Waals surface area (Å²) in [5.41, 5.74) is 1.29. The average molecular weight is 337 g/mol.